The number of ether oxygens (including phenoxy) is 4. The maximum Gasteiger partial charge on any atom is 0.407 e. The fourth-order valence-corrected chi connectivity index (χ4v) is 12.0. The Morgan fingerprint density at radius 2 is 1.01 bits per heavy atom. The Morgan fingerprint density at radius 1 is 0.603 bits per heavy atom. The number of alkyl carbamates (subject to hydrolysis) is 2. The van der Waals surface area contributed by atoms with Crippen LogP contribution in [0.25, 0.3) is 44.4 Å². The Bertz CT molecular complexity index is 2740. The molecule has 356 valence electrons. The maximum absolute atomic E-state index is 14.4. The number of aromatic amines is 2. The van der Waals surface area contributed by atoms with E-state index in [9.17, 15) is 19.2 Å². The van der Waals surface area contributed by atoms with Crippen molar-refractivity contribution >= 4 is 34.8 Å². The van der Waals surface area contributed by atoms with Crippen LogP contribution >= 0.6 is 0 Å². The van der Waals surface area contributed by atoms with Crippen molar-refractivity contribution in [3.05, 3.63) is 84.7 Å². The Balaban J connectivity index is 0.779. The van der Waals surface area contributed by atoms with Crippen LogP contribution in [0.2, 0.25) is 0 Å². The van der Waals surface area contributed by atoms with E-state index in [0.29, 0.717) is 52.1 Å². The maximum atomic E-state index is 14.4. The number of hydrogen-bond donors (Lipinski definition) is 4. The van der Waals surface area contributed by atoms with Crippen molar-refractivity contribution in [3.8, 4) is 33.6 Å². The van der Waals surface area contributed by atoms with Gasteiger partial charge in [-0.15, -0.1) is 0 Å². The second kappa shape index (κ2) is 17.4. The van der Waals surface area contributed by atoms with Gasteiger partial charge in [-0.05, 0) is 114 Å². The van der Waals surface area contributed by atoms with Gasteiger partial charge < -0.3 is 49.3 Å². The molecule has 4 N–H and O–H groups in total. The molecule has 0 bridgehead atoms. The van der Waals surface area contributed by atoms with Gasteiger partial charge in [-0.2, -0.15) is 0 Å². The molecule has 2 aliphatic carbocycles. The summed E-state index contributed by atoms with van der Waals surface area (Å²) in [5.74, 6) is 1.27. The molecular formula is C52H60N8O8. The summed E-state index contributed by atoms with van der Waals surface area (Å²) in [5.41, 5.74) is 5.96. The molecule has 4 amide bonds. The summed E-state index contributed by atoms with van der Waals surface area (Å²) in [6.07, 6.45) is 8.75. The number of rotatable bonds is 11. The summed E-state index contributed by atoms with van der Waals surface area (Å²) >= 11 is 0. The van der Waals surface area contributed by atoms with Crippen molar-refractivity contribution in [2.24, 2.45) is 22.7 Å². The quantitative estimate of drug-likeness (QED) is 0.102. The van der Waals surface area contributed by atoms with Gasteiger partial charge in [0.1, 0.15) is 23.7 Å². The average molecular weight is 925 g/mol. The summed E-state index contributed by atoms with van der Waals surface area (Å²) in [4.78, 5) is 74.5. The zero-order valence-electron chi connectivity index (χ0n) is 39.1. The molecule has 6 fully saturated rings. The zero-order valence-corrected chi connectivity index (χ0v) is 39.1. The molecule has 1 unspecified atom stereocenters. The zero-order chi connectivity index (χ0) is 46.9. The van der Waals surface area contributed by atoms with Crippen LogP contribution in [-0.4, -0.2) is 119 Å². The molecule has 5 aromatic rings. The summed E-state index contributed by atoms with van der Waals surface area (Å²) in [6.45, 7) is 6.71. The number of fused-ring (bicyclic) bond motifs is 3. The first-order valence-corrected chi connectivity index (χ1v) is 24.2. The number of nitrogens with one attached hydrogen (secondary N) is 4. The van der Waals surface area contributed by atoms with Crippen LogP contribution in [0.4, 0.5) is 9.59 Å². The topological polar surface area (TPSA) is 193 Å². The number of nitrogens with zero attached hydrogens (tertiary/aromatic N) is 4. The molecule has 8 atom stereocenters. The lowest BCUT2D eigenvalue weighted by molar-refractivity contribution is -0.138. The van der Waals surface area contributed by atoms with Crippen LogP contribution in [0.15, 0.2) is 73.1 Å². The number of carbonyl (C=O) groups is 4. The lowest BCUT2D eigenvalue weighted by Crippen LogP contribution is -2.54. The minimum atomic E-state index is -0.692. The van der Waals surface area contributed by atoms with Crippen LogP contribution in [0, 0.1) is 22.7 Å². The highest BCUT2D eigenvalue weighted by Gasteiger charge is 2.65. The Hall–Kier alpha value is -6.26. The van der Waals surface area contributed by atoms with Gasteiger partial charge in [0, 0.05) is 44.1 Å². The molecule has 4 saturated heterocycles. The molecule has 2 aromatic heterocycles. The van der Waals surface area contributed by atoms with Gasteiger partial charge >= 0.3 is 12.2 Å². The molecule has 16 heteroatoms. The third-order valence-electron chi connectivity index (χ3n) is 16.2. The van der Waals surface area contributed by atoms with Gasteiger partial charge in [0.15, 0.2) is 0 Å². The van der Waals surface area contributed by atoms with E-state index in [0.717, 1.165) is 81.7 Å². The van der Waals surface area contributed by atoms with Gasteiger partial charge in [-0.25, -0.2) is 19.6 Å². The fraction of sp³-hybridized carbons (Fsp3) is 0.500. The average Bonchev–Trinajstić information content (AvgIpc) is 3.79. The number of aromatic nitrogens is 4. The van der Waals surface area contributed by atoms with E-state index >= 15 is 0 Å². The van der Waals surface area contributed by atoms with Gasteiger partial charge in [-0.1, -0.05) is 62.4 Å². The van der Waals surface area contributed by atoms with E-state index in [1.807, 2.05) is 22.2 Å². The van der Waals surface area contributed by atoms with Crippen LogP contribution in [0.3, 0.4) is 0 Å². The standard InChI is InChI=1S/C52H60N8O8/c1-51-23-39(59(41(51)25-51)47(61)43(57-49(63)65-3)31-13-17-67-18-14-31)45-53-27-37(55-45)30-7-5-29(6-8-30)33-9-10-35-22-36(12-11-34(35)21-33)38-28-54-46(56-38)40-24-52(2)26-42(52)60(40)48(62)44(58-50(64)66-4)32-15-19-68-20-16-32/h5-12,21-22,27-28,31-32,39-44H,13-20,23-26H2,1-4H3,(H,53,55)(H,54,56)(H,57,63)(H,58,64)/t39-,40-,41+,42+,43?,44-,51-,52-/m0/s1. The molecule has 68 heavy (non-hydrogen) atoms. The first kappa shape index (κ1) is 44.3. The number of hydrogen-bond acceptors (Lipinski definition) is 10. The SMILES string of the molecule is COC(=O)NC(C(=O)N1[C@H](c2ncc(-c3ccc(-c4ccc5cc(-c6cnc([C@@H]7C[C@@]8(C)C[C@H]8N7C(=O)[C@@H](NC(=O)OC)C7CCOCC7)[nH]6)ccc5c4)cc3)[nH]2)C[C@@]2(C)C[C@@H]12)C1CCOCC1. The molecule has 6 heterocycles. The number of benzene rings is 3. The first-order valence-electron chi connectivity index (χ1n) is 24.2. The van der Waals surface area contributed by atoms with E-state index in [1.165, 1.54) is 14.2 Å². The lowest BCUT2D eigenvalue weighted by atomic mass is 9.90. The van der Waals surface area contributed by atoms with E-state index in [2.05, 4.69) is 95.1 Å². The summed E-state index contributed by atoms with van der Waals surface area (Å²) in [5, 5.41) is 7.94. The number of imidazole rings is 2. The second-order valence-corrected chi connectivity index (χ2v) is 20.5. The number of piperidine rings is 2. The van der Waals surface area contributed by atoms with Crippen molar-refractivity contribution < 1.29 is 38.1 Å². The van der Waals surface area contributed by atoms with Crippen LogP contribution in [-0.2, 0) is 28.5 Å². The van der Waals surface area contributed by atoms with Crippen LogP contribution < -0.4 is 10.6 Å². The summed E-state index contributed by atoms with van der Waals surface area (Å²) < 4.78 is 21.0. The molecule has 11 rings (SSSR count). The molecular weight excluding hydrogens is 865 g/mol. The Kier molecular flexibility index (Phi) is 11.3. The molecule has 0 radical (unpaired) electrons. The van der Waals surface area contributed by atoms with E-state index in [-0.39, 0.29) is 58.6 Å². The monoisotopic (exact) mass is 924 g/mol. The molecule has 2 saturated carbocycles. The highest BCUT2D eigenvalue weighted by Crippen LogP contribution is 2.64. The van der Waals surface area contributed by atoms with Gasteiger partial charge in [-0.3, -0.25) is 9.59 Å². The smallest absolute Gasteiger partial charge is 0.407 e. The number of likely N-dealkylation sites (tertiary alicyclic amines) is 2. The highest BCUT2D eigenvalue weighted by molar-refractivity contribution is 5.91. The van der Waals surface area contributed by atoms with Crippen molar-refractivity contribution in [1.82, 2.24) is 40.4 Å². The van der Waals surface area contributed by atoms with Crippen LogP contribution in [0.1, 0.15) is 88.9 Å². The molecule has 6 aliphatic rings. The number of methoxy groups -OCH3 is 2. The van der Waals surface area contributed by atoms with Crippen LogP contribution in [0.5, 0.6) is 0 Å². The highest BCUT2D eigenvalue weighted by atomic mass is 16.5. The summed E-state index contributed by atoms with van der Waals surface area (Å²) in [6, 6.07) is 19.7. The second-order valence-electron chi connectivity index (χ2n) is 20.5. The normalized spacial score (nSPS) is 27.5. The molecule has 4 aliphatic heterocycles. The predicted octanol–water partition coefficient (Wildman–Crippen LogP) is 7.69. The third kappa shape index (κ3) is 8.08. The minimum Gasteiger partial charge on any atom is -0.453 e. The van der Waals surface area contributed by atoms with Crippen molar-refractivity contribution in [3.63, 3.8) is 0 Å². The Labute approximate surface area is 395 Å². The predicted molar refractivity (Wildman–Crippen MR) is 252 cm³/mol. The minimum absolute atomic E-state index is 0.0184. The fourth-order valence-electron chi connectivity index (χ4n) is 12.0. The number of carbonyl (C=O) groups excluding carboxylic acids is 4. The van der Waals surface area contributed by atoms with E-state index in [1.54, 1.807) is 0 Å². The van der Waals surface area contributed by atoms with E-state index in [4.69, 9.17) is 28.9 Å². The summed E-state index contributed by atoms with van der Waals surface area (Å²) in [7, 11) is 2.65. The molecule has 0 spiro atoms. The lowest BCUT2D eigenvalue weighted by Gasteiger charge is -2.35. The Morgan fingerprint density at radius 3 is 1.49 bits per heavy atom. The van der Waals surface area contributed by atoms with Crippen molar-refractivity contribution in [2.75, 3.05) is 40.6 Å². The number of amides is 4. The number of H-pyrrole nitrogens is 2. The first-order chi connectivity index (χ1) is 32.9. The van der Waals surface area contributed by atoms with E-state index < -0.39 is 24.3 Å². The largest absolute Gasteiger partial charge is 0.453 e. The molecule has 16 nitrogen and oxygen atoms in total. The van der Waals surface area contributed by atoms with Crippen molar-refractivity contribution in [2.45, 2.75) is 101 Å². The molecule has 3 aromatic carbocycles. The van der Waals surface area contributed by atoms with Gasteiger partial charge in [0.25, 0.3) is 0 Å². The third-order valence-corrected chi connectivity index (χ3v) is 16.2. The van der Waals surface area contributed by atoms with Gasteiger partial charge in [0.05, 0.1) is 50.1 Å². The van der Waals surface area contributed by atoms with Crippen molar-refractivity contribution in [1.29, 1.82) is 0 Å². The van der Waals surface area contributed by atoms with Gasteiger partial charge in [0.2, 0.25) is 11.8 Å².